The summed E-state index contributed by atoms with van der Waals surface area (Å²) in [6, 6.07) is 6.54. The molecule has 1 aromatic rings. The number of ether oxygens (including phenoxy) is 1. The summed E-state index contributed by atoms with van der Waals surface area (Å²) in [5, 5.41) is 17.5. The molecule has 2 N–H and O–H groups in total. The monoisotopic (exact) mass is 348 g/mol. The smallest absolute Gasteiger partial charge is 0.269 e. The van der Waals surface area contributed by atoms with Crippen LogP contribution in [0.4, 0.5) is 5.69 Å². The van der Waals surface area contributed by atoms with Gasteiger partial charge in [0.05, 0.1) is 18.1 Å². The summed E-state index contributed by atoms with van der Waals surface area (Å²) in [7, 11) is 0. The normalized spacial score (nSPS) is 17.5. The molecule has 1 aliphatic rings. The first-order chi connectivity index (χ1) is 12.2. The highest BCUT2D eigenvalue weighted by molar-refractivity contribution is 5.79. The molecule has 25 heavy (non-hydrogen) atoms. The Labute approximate surface area is 149 Å². The first-order valence-electron chi connectivity index (χ1n) is 9.02. The van der Waals surface area contributed by atoms with E-state index in [1.54, 1.807) is 12.1 Å². The summed E-state index contributed by atoms with van der Waals surface area (Å²) < 4.78 is 5.41. The molecule has 1 aliphatic heterocycles. The van der Waals surface area contributed by atoms with Crippen molar-refractivity contribution in [2.24, 2.45) is 10.9 Å². The number of nitrogens with one attached hydrogen (secondary N) is 2. The fourth-order valence-electron chi connectivity index (χ4n) is 2.63. The van der Waals surface area contributed by atoms with E-state index in [1.165, 1.54) is 25.0 Å². The third kappa shape index (κ3) is 7.09. The minimum absolute atomic E-state index is 0.102. The fraction of sp³-hybridized carbons (Fsp3) is 0.611. The maximum Gasteiger partial charge on any atom is 0.269 e. The molecule has 138 valence electrons. The molecule has 1 unspecified atom stereocenters. The van der Waals surface area contributed by atoms with E-state index in [-0.39, 0.29) is 10.6 Å². The summed E-state index contributed by atoms with van der Waals surface area (Å²) in [6.07, 6.45) is 4.57. The van der Waals surface area contributed by atoms with Gasteiger partial charge in [-0.3, -0.25) is 10.1 Å². The van der Waals surface area contributed by atoms with Gasteiger partial charge in [0.15, 0.2) is 5.96 Å². The summed E-state index contributed by atoms with van der Waals surface area (Å²) in [5.41, 5.74) is 1.05. The van der Waals surface area contributed by atoms with Crippen molar-refractivity contribution in [3.8, 4) is 0 Å². The Morgan fingerprint density at radius 3 is 2.76 bits per heavy atom. The van der Waals surface area contributed by atoms with Crippen molar-refractivity contribution >= 4 is 11.6 Å². The standard InChI is InChI=1S/C18H28N4O3/c1-2-3-4-10-19-18(21-13-16-9-11-25-14-16)20-12-15-5-7-17(8-6-15)22(23)24/h5-8,16H,2-4,9-14H2,1H3,(H2,19,20,21). The highest BCUT2D eigenvalue weighted by Crippen LogP contribution is 2.13. The Kier molecular flexibility index (Phi) is 8.18. The number of guanidine groups is 1. The molecule has 0 radical (unpaired) electrons. The summed E-state index contributed by atoms with van der Waals surface area (Å²) in [6.45, 7) is 6.05. The van der Waals surface area contributed by atoms with Gasteiger partial charge in [-0.1, -0.05) is 31.9 Å². The number of aliphatic imine (C=N–C) groups is 1. The molecule has 1 heterocycles. The van der Waals surface area contributed by atoms with Gasteiger partial charge in [0, 0.05) is 37.7 Å². The lowest BCUT2D eigenvalue weighted by Gasteiger charge is -2.15. The second-order valence-electron chi connectivity index (χ2n) is 6.33. The molecular weight excluding hydrogens is 320 g/mol. The van der Waals surface area contributed by atoms with Gasteiger partial charge in [0.2, 0.25) is 0 Å². The van der Waals surface area contributed by atoms with Crippen LogP contribution in [0.2, 0.25) is 0 Å². The third-order valence-corrected chi connectivity index (χ3v) is 4.22. The van der Waals surface area contributed by atoms with Gasteiger partial charge in [-0.2, -0.15) is 0 Å². The quantitative estimate of drug-likeness (QED) is 0.235. The summed E-state index contributed by atoms with van der Waals surface area (Å²) >= 11 is 0. The molecule has 0 bridgehead atoms. The molecule has 0 aliphatic carbocycles. The number of benzene rings is 1. The lowest BCUT2D eigenvalue weighted by atomic mass is 10.1. The van der Waals surface area contributed by atoms with E-state index in [1.807, 2.05) is 0 Å². The summed E-state index contributed by atoms with van der Waals surface area (Å²) in [4.78, 5) is 14.9. The Hall–Kier alpha value is -2.15. The van der Waals surface area contributed by atoms with Gasteiger partial charge in [-0.15, -0.1) is 0 Å². The molecule has 2 rings (SSSR count). The predicted molar refractivity (Wildman–Crippen MR) is 98.7 cm³/mol. The average molecular weight is 348 g/mol. The van der Waals surface area contributed by atoms with Crippen LogP contribution in [-0.4, -0.2) is 37.2 Å². The van der Waals surface area contributed by atoms with Crippen LogP contribution in [0.1, 0.15) is 38.2 Å². The van der Waals surface area contributed by atoms with E-state index in [9.17, 15) is 10.1 Å². The average Bonchev–Trinajstić information content (AvgIpc) is 3.14. The highest BCUT2D eigenvalue weighted by Gasteiger charge is 2.15. The van der Waals surface area contributed by atoms with Gasteiger partial charge in [-0.25, -0.2) is 4.99 Å². The largest absolute Gasteiger partial charge is 0.381 e. The molecule has 0 spiro atoms. The third-order valence-electron chi connectivity index (χ3n) is 4.22. The lowest BCUT2D eigenvalue weighted by molar-refractivity contribution is -0.384. The van der Waals surface area contributed by atoms with Crippen LogP contribution in [0.15, 0.2) is 29.3 Å². The number of nitrogens with zero attached hydrogens (tertiary/aromatic N) is 2. The highest BCUT2D eigenvalue weighted by atomic mass is 16.6. The first-order valence-corrected chi connectivity index (χ1v) is 9.02. The van der Waals surface area contributed by atoms with Crippen LogP contribution in [0.3, 0.4) is 0 Å². The van der Waals surface area contributed by atoms with Crippen molar-refractivity contribution in [3.05, 3.63) is 39.9 Å². The maximum atomic E-state index is 10.7. The molecule has 1 aromatic carbocycles. The molecule has 7 heteroatoms. The molecule has 0 aromatic heterocycles. The van der Waals surface area contributed by atoms with Gasteiger partial charge in [0.1, 0.15) is 0 Å². The Bertz CT molecular complexity index is 554. The molecule has 1 atom stereocenters. The van der Waals surface area contributed by atoms with Crippen LogP contribution in [0.5, 0.6) is 0 Å². The Morgan fingerprint density at radius 1 is 1.32 bits per heavy atom. The number of rotatable bonds is 9. The van der Waals surface area contributed by atoms with E-state index >= 15 is 0 Å². The zero-order valence-electron chi connectivity index (χ0n) is 14.9. The van der Waals surface area contributed by atoms with E-state index < -0.39 is 0 Å². The topological polar surface area (TPSA) is 88.8 Å². The minimum Gasteiger partial charge on any atom is -0.381 e. The molecule has 1 saturated heterocycles. The first kappa shape index (κ1) is 19.2. The number of non-ortho nitro benzene ring substituents is 1. The second-order valence-corrected chi connectivity index (χ2v) is 6.33. The lowest BCUT2D eigenvalue weighted by Crippen LogP contribution is -2.40. The van der Waals surface area contributed by atoms with Crippen molar-refractivity contribution in [2.75, 3.05) is 26.3 Å². The molecule has 0 amide bonds. The zero-order chi connectivity index (χ0) is 17.9. The van der Waals surface area contributed by atoms with Gasteiger partial charge in [0.25, 0.3) is 5.69 Å². The molecule has 0 saturated carbocycles. The van der Waals surface area contributed by atoms with E-state index in [0.717, 1.165) is 50.7 Å². The van der Waals surface area contributed by atoms with Gasteiger partial charge < -0.3 is 15.4 Å². The van der Waals surface area contributed by atoms with E-state index in [4.69, 9.17) is 4.74 Å². The number of nitro benzene ring substituents is 1. The van der Waals surface area contributed by atoms with Gasteiger partial charge in [-0.05, 0) is 18.4 Å². The van der Waals surface area contributed by atoms with Crippen LogP contribution in [-0.2, 0) is 11.3 Å². The van der Waals surface area contributed by atoms with E-state index in [0.29, 0.717) is 12.5 Å². The SMILES string of the molecule is CCCCCNC(=NCc1ccc([N+](=O)[O-])cc1)NCC1CCOC1. The zero-order valence-corrected chi connectivity index (χ0v) is 14.9. The van der Waals surface area contributed by atoms with Crippen LogP contribution < -0.4 is 10.6 Å². The number of nitro groups is 1. The maximum absolute atomic E-state index is 10.7. The fourth-order valence-corrected chi connectivity index (χ4v) is 2.63. The predicted octanol–water partition coefficient (Wildman–Crippen LogP) is 2.86. The van der Waals surface area contributed by atoms with Crippen LogP contribution >= 0.6 is 0 Å². The summed E-state index contributed by atoms with van der Waals surface area (Å²) in [5.74, 6) is 1.32. The van der Waals surface area contributed by atoms with E-state index in [2.05, 4.69) is 22.5 Å². The number of hydrogen-bond acceptors (Lipinski definition) is 4. The van der Waals surface area contributed by atoms with Crippen molar-refractivity contribution in [1.29, 1.82) is 0 Å². The second kappa shape index (κ2) is 10.7. The molecule has 7 nitrogen and oxygen atoms in total. The number of hydrogen-bond donors (Lipinski definition) is 2. The molecule has 1 fully saturated rings. The molecular formula is C18H28N4O3. The number of unbranched alkanes of at least 4 members (excludes halogenated alkanes) is 2. The minimum atomic E-state index is -0.390. The Morgan fingerprint density at radius 2 is 2.12 bits per heavy atom. The van der Waals surface area contributed by atoms with Gasteiger partial charge >= 0.3 is 0 Å². The van der Waals surface area contributed by atoms with Crippen molar-refractivity contribution in [1.82, 2.24) is 10.6 Å². The van der Waals surface area contributed by atoms with Crippen LogP contribution in [0, 0.1) is 16.0 Å². The van der Waals surface area contributed by atoms with Crippen molar-refractivity contribution in [3.63, 3.8) is 0 Å². The van der Waals surface area contributed by atoms with Crippen molar-refractivity contribution in [2.45, 2.75) is 39.2 Å². The van der Waals surface area contributed by atoms with Crippen molar-refractivity contribution < 1.29 is 9.66 Å². The Balaban J connectivity index is 1.88. The van der Waals surface area contributed by atoms with Crippen LogP contribution in [0.25, 0.3) is 0 Å².